The second kappa shape index (κ2) is 9.45. The third-order valence-corrected chi connectivity index (χ3v) is 3.33. The quantitative estimate of drug-likeness (QED) is 0.775. The number of carboxylic acid groups (broad SMARTS) is 2. The molecule has 0 bridgehead atoms. The van der Waals surface area contributed by atoms with Crippen molar-refractivity contribution in [3.8, 4) is 0 Å². The zero-order valence-electron chi connectivity index (χ0n) is 8.04. The van der Waals surface area contributed by atoms with E-state index in [1.807, 2.05) is 13.8 Å². The predicted octanol–water partition coefficient (Wildman–Crippen LogP) is 2.49. The standard InChI is InChI=1S/2C4H7BrO2/c2*1-2-3(5)4(6)7/h2*3H,2H2,1H3,(H,6,7). The van der Waals surface area contributed by atoms with Crippen molar-refractivity contribution in [2.75, 3.05) is 0 Å². The van der Waals surface area contributed by atoms with E-state index in [-0.39, 0.29) is 9.65 Å². The van der Waals surface area contributed by atoms with E-state index in [0.29, 0.717) is 12.8 Å². The summed E-state index contributed by atoms with van der Waals surface area (Å²) in [6.07, 6.45) is 1.27. The molecule has 0 aromatic carbocycles. The number of hydrogen-bond donors (Lipinski definition) is 2. The third-order valence-electron chi connectivity index (χ3n) is 1.25. The average Bonchev–Trinajstić information content (AvgIpc) is 2.15. The minimum atomic E-state index is -0.789. The molecule has 0 aromatic heterocycles. The van der Waals surface area contributed by atoms with Crippen LogP contribution in [-0.4, -0.2) is 31.8 Å². The molecule has 0 aliphatic carbocycles. The Bertz CT molecular complexity index is 164. The van der Waals surface area contributed by atoms with Gasteiger partial charge in [-0.15, -0.1) is 0 Å². The maximum absolute atomic E-state index is 9.88. The highest BCUT2D eigenvalue weighted by Gasteiger charge is 2.08. The molecule has 0 saturated carbocycles. The van der Waals surface area contributed by atoms with Crippen LogP contribution in [0.1, 0.15) is 26.7 Å². The monoisotopic (exact) mass is 332 g/mol. The fourth-order valence-corrected chi connectivity index (χ4v) is 0.349. The molecular formula is C8H14Br2O4. The minimum absolute atomic E-state index is 0.368. The molecule has 0 spiro atoms. The van der Waals surface area contributed by atoms with Crippen LogP contribution >= 0.6 is 31.9 Å². The lowest BCUT2D eigenvalue weighted by atomic mass is 10.3. The van der Waals surface area contributed by atoms with Crippen molar-refractivity contribution in [1.29, 1.82) is 0 Å². The summed E-state index contributed by atoms with van der Waals surface area (Å²) in [5.41, 5.74) is 0. The summed E-state index contributed by atoms with van der Waals surface area (Å²) in [7, 11) is 0. The maximum atomic E-state index is 9.88. The zero-order chi connectivity index (χ0) is 11.7. The lowest BCUT2D eigenvalue weighted by Crippen LogP contribution is -2.09. The van der Waals surface area contributed by atoms with Crippen molar-refractivity contribution in [2.45, 2.75) is 36.3 Å². The van der Waals surface area contributed by atoms with Crippen molar-refractivity contribution >= 4 is 43.8 Å². The Labute approximate surface area is 99.9 Å². The van der Waals surface area contributed by atoms with Gasteiger partial charge in [0.15, 0.2) is 0 Å². The van der Waals surface area contributed by atoms with Crippen molar-refractivity contribution < 1.29 is 19.8 Å². The molecule has 2 atom stereocenters. The van der Waals surface area contributed by atoms with Crippen LogP contribution in [0.3, 0.4) is 0 Å². The molecule has 0 saturated heterocycles. The molecule has 14 heavy (non-hydrogen) atoms. The van der Waals surface area contributed by atoms with Gasteiger partial charge in [-0.3, -0.25) is 9.59 Å². The molecule has 0 aliphatic rings. The molecule has 0 radical (unpaired) electrons. The van der Waals surface area contributed by atoms with Crippen LogP contribution in [-0.2, 0) is 9.59 Å². The Morgan fingerprint density at radius 3 is 1.21 bits per heavy atom. The SMILES string of the molecule is CCC(Br)C(=O)O.CCC(Br)C(=O)O. The lowest BCUT2D eigenvalue weighted by molar-refractivity contribution is -0.137. The van der Waals surface area contributed by atoms with Crippen LogP contribution in [0, 0.1) is 0 Å². The van der Waals surface area contributed by atoms with E-state index in [0.717, 1.165) is 0 Å². The van der Waals surface area contributed by atoms with Crippen LogP contribution in [0.25, 0.3) is 0 Å². The molecule has 0 aromatic rings. The summed E-state index contributed by atoms with van der Waals surface area (Å²) in [6.45, 7) is 3.63. The Hall–Kier alpha value is -0.100. The Balaban J connectivity index is 0. The largest absolute Gasteiger partial charge is 0.480 e. The average molecular weight is 334 g/mol. The number of carboxylic acids is 2. The van der Waals surface area contributed by atoms with Crippen LogP contribution in [0.2, 0.25) is 0 Å². The third kappa shape index (κ3) is 9.98. The molecular weight excluding hydrogens is 320 g/mol. The van der Waals surface area contributed by atoms with Gasteiger partial charge in [-0.1, -0.05) is 45.7 Å². The number of carbonyl (C=O) groups is 2. The van der Waals surface area contributed by atoms with E-state index in [2.05, 4.69) is 31.9 Å². The molecule has 6 heteroatoms. The fraction of sp³-hybridized carbons (Fsp3) is 0.750. The van der Waals surface area contributed by atoms with Gasteiger partial charge in [-0.2, -0.15) is 0 Å². The van der Waals surface area contributed by atoms with Crippen molar-refractivity contribution in [3.63, 3.8) is 0 Å². The molecule has 2 N–H and O–H groups in total. The summed E-state index contributed by atoms with van der Waals surface area (Å²) in [6, 6.07) is 0. The number of halogens is 2. The highest BCUT2D eigenvalue weighted by molar-refractivity contribution is 9.10. The van der Waals surface area contributed by atoms with Gasteiger partial charge < -0.3 is 10.2 Å². The number of alkyl halides is 2. The van der Waals surface area contributed by atoms with Crippen LogP contribution in [0.4, 0.5) is 0 Å². The van der Waals surface area contributed by atoms with Crippen LogP contribution in [0.15, 0.2) is 0 Å². The molecule has 2 unspecified atom stereocenters. The van der Waals surface area contributed by atoms with Gasteiger partial charge >= 0.3 is 11.9 Å². The topological polar surface area (TPSA) is 74.6 Å². The summed E-state index contributed by atoms with van der Waals surface area (Å²) in [5.74, 6) is -1.58. The Morgan fingerprint density at radius 2 is 1.21 bits per heavy atom. The van der Waals surface area contributed by atoms with Gasteiger partial charge in [-0.25, -0.2) is 0 Å². The Morgan fingerprint density at radius 1 is 1.00 bits per heavy atom. The molecule has 4 nitrogen and oxygen atoms in total. The first-order chi connectivity index (χ1) is 6.36. The number of hydrogen-bond acceptors (Lipinski definition) is 2. The van der Waals surface area contributed by atoms with E-state index >= 15 is 0 Å². The molecule has 0 heterocycles. The van der Waals surface area contributed by atoms with Crippen LogP contribution < -0.4 is 0 Å². The highest BCUT2D eigenvalue weighted by Crippen LogP contribution is 2.02. The Kier molecular flexibility index (Phi) is 11.0. The summed E-state index contributed by atoms with van der Waals surface area (Å²) < 4.78 is 0. The molecule has 84 valence electrons. The fourth-order valence-electron chi connectivity index (χ4n) is 0.349. The van der Waals surface area contributed by atoms with Crippen molar-refractivity contribution in [1.82, 2.24) is 0 Å². The molecule has 0 aliphatic heterocycles. The number of rotatable bonds is 4. The second-order valence-corrected chi connectivity index (χ2v) is 4.64. The maximum Gasteiger partial charge on any atom is 0.317 e. The lowest BCUT2D eigenvalue weighted by Gasteiger charge is -1.94. The summed E-state index contributed by atoms with van der Waals surface area (Å²) >= 11 is 5.88. The van der Waals surface area contributed by atoms with E-state index in [4.69, 9.17) is 10.2 Å². The van der Waals surface area contributed by atoms with Gasteiger partial charge in [0.05, 0.1) is 0 Å². The van der Waals surface area contributed by atoms with Gasteiger partial charge in [0.1, 0.15) is 9.65 Å². The molecule has 0 fully saturated rings. The first kappa shape index (κ1) is 16.3. The predicted molar refractivity (Wildman–Crippen MR) is 61.3 cm³/mol. The molecule has 0 amide bonds. The second-order valence-electron chi connectivity index (χ2n) is 2.43. The minimum Gasteiger partial charge on any atom is -0.480 e. The van der Waals surface area contributed by atoms with Crippen molar-refractivity contribution in [2.24, 2.45) is 0 Å². The summed E-state index contributed by atoms with van der Waals surface area (Å²) in [4.78, 5) is 19.0. The first-order valence-electron chi connectivity index (χ1n) is 4.10. The van der Waals surface area contributed by atoms with Gasteiger partial charge in [0, 0.05) is 0 Å². The van der Waals surface area contributed by atoms with E-state index in [9.17, 15) is 9.59 Å². The highest BCUT2D eigenvalue weighted by atomic mass is 79.9. The summed E-state index contributed by atoms with van der Waals surface area (Å²) in [5, 5.41) is 16.3. The first-order valence-corrected chi connectivity index (χ1v) is 5.93. The van der Waals surface area contributed by atoms with Gasteiger partial charge in [0.25, 0.3) is 0 Å². The number of aliphatic carboxylic acids is 2. The smallest absolute Gasteiger partial charge is 0.317 e. The zero-order valence-corrected chi connectivity index (χ0v) is 11.2. The van der Waals surface area contributed by atoms with E-state index in [1.54, 1.807) is 0 Å². The van der Waals surface area contributed by atoms with Crippen molar-refractivity contribution in [3.05, 3.63) is 0 Å². The van der Waals surface area contributed by atoms with Gasteiger partial charge in [0.2, 0.25) is 0 Å². The van der Waals surface area contributed by atoms with Gasteiger partial charge in [-0.05, 0) is 12.8 Å². The van der Waals surface area contributed by atoms with E-state index in [1.165, 1.54) is 0 Å². The van der Waals surface area contributed by atoms with E-state index < -0.39 is 11.9 Å². The van der Waals surface area contributed by atoms with Crippen LogP contribution in [0.5, 0.6) is 0 Å². The normalized spacial score (nSPS) is 13.4. The molecule has 0 rings (SSSR count).